The van der Waals surface area contributed by atoms with Crippen molar-refractivity contribution in [3.8, 4) is 0 Å². The summed E-state index contributed by atoms with van der Waals surface area (Å²) in [5.41, 5.74) is 0.497. The lowest BCUT2D eigenvalue weighted by molar-refractivity contribution is -0.135. The van der Waals surface area contributed by atoms with Gasteiger partial charge in [0.05, 0.1) is 0 Å². The Balaban J connectivity index is 1.32. The van der Waals surface area contributed by atoms with Crippen molar-refractivity contribution in [1.29, 1.82) is 0 Å². The van der Waals surface area contributed by atoms with Gasteiger partial charge in [0, 0.05) is 35.6 Å². The highest BCUT2D eigenvalue weighted by Crippen LogP contribution is 2.41. The molecular weight excluding hydrogens is 430 g/mol. The molecule has 2 saturated carbocycles. The van der Waals surface area contributed by atoms with Crippen LogP contribution < -0.4 is 0 Å². The predicted molar refractivity (Wildman–Crippen MR) is 116 cm³/mol. The second-order valence-electron chi connectivity index (χ2n) is 9.14. The minimum absolute atomic E-state index is 0.199. The zero-order valence-corrected chi connectivity index (χ0v) is 18.4. The van der Waals surface area contributed by atoms with Crippen molar-refractivity contribution in [3.05, 3.63) is 34.3 Å². The zero-order valence-electron chi connectivity index (χ0n) is 16.8. The molecule has 4 aliphatic rings. The quantitative estimate of drug-likeness (QED) is 0.685. The lowest BCUT2D eigenvalue weighted by Gasteiger charge is -2.34. The summed E-state index contributed by atoms with van der Waals surface area (Å²) in [7, 11) is 0. The molecular formula is C23H28BrN3O2. The van der Waals surface area contributed by atoms with Crippen LogP contribution in [-0.4, -0.2) is 52.6 Å². The summed E-state index contributed by atoms with van der Waals surface area (Å²) in [6, 6.07) is 8.13. The lowest BCUT2D eigenvalue weighted by atomic mass is 9.94. The first kappa shape index (κ1) is 19.3. The lowest BCUT2D eigenvalue weighted by Crippen LogP contribution is -2.46. The van der Waals surface area contributed by atoms with Crippen LogP contribution in [0.4, 0.5) is 0 Å². The fraction of sp³-hybridized carbons (Fsp3) is 0.609. The molecule has 2 aliphatic heterocycles. The molecule has 5 rings (SSSR count). The normalized spacial score (nSPS) is 24.4. The van der Waals surface area contributed by atoms with Gasteiger partial charge in [-0.3, -0.25) is 19.5 Å². The Kier molecular flexibility index (Phi) is 5.01. The fourth-order valence-electron chi connectivity index (χ4n) is 5.12. The summed E-state index contributed by atoms with van der Waals surface area (Å²) < 4.78 is 1.03. The highest BCUT2D eigenvalue weighted by atomic mass is 79.9. The van der Waals surface area contributed by atoms with Crippen LogP contribution in [0.5, 0.6) is 0 Å². The van der Waals surface area contributed by atoms with Crippen LogP contribution in [0, 0.1) is 11.8 Å². The first-order valence-electron chi connectivity index (χ1n) is 11.0. The molecule has 0 bridgehead atoms. The number of hydrogen-bond donors (Lipinski definition) is 0. The summed E-state index contributed by atoms with van der Waals surface area (Å²) in [6.45, 7) is 2.39. The van der Waals surface area contributed by atoms with E-state index in [1.54, 1.807) is 0 Å². The molecule has 0 atom stereocenters. The molecule has 5 nitrogen and oxygen atoms in total. The Hall–Kier alpha value is -1.69. The number of rotatable bonds is 4. The van der Waals surface area contributed by atoms with E-state index < -0.39 is 5.54 Å². The number of aliphatic imine (C=N–C) groups is 1. The molecule has 0 N–H and O–H groups in total. The first-order valence-corrected chi connectivity index (χ1v) is 11.8. The third-order valence-corrected chi connectivity index (χ3v) is 7.57. The van der Waals surface area contributed by atoms with E-state index in [9.17, 15) is 9.59 Å². The number of piperidine rings is 1. The van der Waals surface area contributed by atoms with Crippen LogP contribution in [0.25, 0.3) is 0 Å². The van der Waals surface area contributed by atoms with Gasteiger partial charge in [-0.1, -0.05) is 40.9 Å². The van der Waals surface area contributed by atoms with Gasteiger partial charge in [-0.15, -0.1) is 0 Å². The molecule has 6 heteroatoms. The second kappa shape index (κ2) is 7.53. The van der Waals surface area contributed by atoms with E-state index in [0.717, 1.165) is 86.9 Å². The molecule has 29 heavy (non-hydrogen) atoms. The molecule has 0 radical (unpaired) electrons. The van der Waals surface area contributed by atoms with Crippen molar-refractivity contribution in [2.24, 2.45) is 16.8 Å². The molecule has 0 aromatic heterocycles. The fourth-order valence-corrected chi connectivity index (χ4v) is 5.38. The number of amides is 2. The Bertz CT molecular complexity index is 832. The van der Waals surface area contributed by atoms with Gasteiger partial charge < -0.3 is 4.90 Å². The number of amidine groups is 1. The highest BCUT2D eigenvalue weighted by Gasteiger charge is 2.50. The molecule has 1 saturated heterocycles. The van der Waals surface area contributed by atoms with Crippen LogP contribution in [-0.2, 0) is 9.59 Å². The van der Waals surface area contributed by atoms with Gasteiger partial charge in [-0.25, -0.2) is 0 Å². The van der Waals surface area contributed by atoms with Crippen LogP contribution in [0.15, 0.2) is 33.7 Å². The monoisotopic (exact) mass is 457 g/mol. The van der Waals surface area contributed by atoms with Crippen LogP contribution in [0.2, 0.25) is 0 Å². The average molecular weight is 458 g/mol. The van der Waals surface area contributed by atoms with Gasteiger partial charge in [-0.2, -0.15) is 0 Å². The molecule has 3 fully saturated rings. The largest absolute Gasteiger partial charge is 0.342 e. The summed E-state index contributed by atoms with van der Waals surface area (Å²) in [4.78, 5) is 34.8. The maximum absolute atomic E-state index is 13.5. The van der Waals surface area contributed by atoms with E-state index in [1.165, 1.54) is 0 Å². The van der Waals surface area contributed by atoms with E-state index in [0.29, 0.717) is 17.7 Å². The number of carbonyl (C=O) groups excluding carboxylic acids is 2. The number of nitrogens with zero attached hydrogens (tertiary/aromatic N) is 3. The predicted octanol–water partition coefficient (Wildman–Crippen LogP) is 4.00. The van der Waals surface area contributed by atoms with E-state index in [4.69, 9.17) is 4.99 Å². The van der Waals surface area contributed by atoms with Crippen LogP contribution >= 0.6 is 15.9 Å². The number of likely N-dealkylation sites (tertiary alicyclic amines) is 1. The van der Waals surface area contributed by atoms with Crippen LogP contribution in [0.3, 0.4) is 0 Å². The summed E-state index contributed by atoms with van der Waals surface area (Å²) in [6.07, 6.45) is 7.99. The topological polar surface area (TPSA) is 53.0 Å². The van der Waals surface area contributed by atoms with Crippen molar-refractivity contribution in [2.75, 3.05) is 19.6 Å². The van der Waals surface area contributed by atoms with Gasteiger partial charge in [-0.05, 0) is 56.6 Å². The van der Waals surface area contributed by atoms with Crippen molar-refractivity contribution in [3.63, 3.8) is 0 Å². The summed E-state index contributed by atoms with van der Waals surface area (Å²) in [5, 5.41) is 0. The third kappa shape index (κ3) is 3.65. The third-order valence-electron chi connectivity index (χ3n) is 7.05. The van der Waals surface area contributed by atoms with Crippen molar-refractivity contribution >= 4 is 33.6 Å². The van der Waals surface area contributed by atoms with Gasteiger partial charge in [0.15, 0.2) is 0 Å². The van der Waals surface area contributed by atoms with Crippen molar-refractivity contribution < 1.29 is 9.59 Å². The Morgan fingerprint density at radius 3 is 2.34 bits per heavy atom. The minimum atomic E-state index is -0.523. The number of benzene rings is 1. The van der Waals surface area contributed by atoms with Gasteiger partial charge >= 0.3 is 0 Å². The first-order chi connectivity index (χ1) is 14.1. The molecule has 1 spiro atoms. The molecule has 0 unspecified atom stereocenters. The summed E-state index contributed by atoms with van der Waals surface area (Å²) in [5.74, 6) is 2.12. The SMILES string of the molecule is O=C(C1CC1)N1CCC(CN2C(=O)C3(CCCC3)N=C2c2ccc(Br)cc2)CC1. The molecule has 1 aromatic rings. The summed E-state index contributed by atoms with van der Waals surface area (Å²) >= 11 is 3.50. The zero-order chi connectivity index (χ0) is 20.0. The molecule has 154 valence electrons. The average Bonchev–Trinajstić information content (AvgIpc) is 3.43. The second-order valence-corrected chi connectivity index (χ2v) is 10.1. The standard InChI is InChI=1S/C23H28BrN3O2/c24-19-7-5-17(6-8-19)20-25-23(11-1-2-12-23)22(29)27(20)15-16-9-13-26(14-10-16)21(28)18-3-4-18/h5-8,16,18H,1-4,9-15H2. The van der Waals surface area contributed by atoms with E-state index in [2.05, 4.69) is 15.9 Å². The maximum atomic E-state index is 13.5. The Morgan fingerprint density at radius 2 is 1.72 bits per heavy atom. The van der Waals surface area contributed by atoms with E-state index >= 15 is 0 Å². The Labute approximate surface area is 180 Å². The Morgan fingerprint density at radius 1 is 1.07 bits per heavy atom. The van der Waals surface area contributed by atoms with Crippen LogP contribution in [0.1, 0.15) is 56.9 Å². The number of halogens is 1. The van der Waals surface area contributed by atoms with Gasteiger partial charge in [0.1, 0.15) is 11.4 Å². The maximum Gasteiger partial charge on any atom is 0.256 e. The smallest absolute Gasteiger partial charge is 0.256 e. The van der Waals surface area contributed by atoms with Gasteiger partial charge in [0.2, 0.25) is 5.91 Å². The van der Waals surface area contributed by atoms with E-state index in [-0.39, 0.29) is 5.91 Å². The molecule has 1 aromatic carbocycles. The van der Waals surface area contributed by atoms with Crippen molar-refractivity contribution in [1.82, 2.24) is 9.80 Å². The van der Waals surface area contributed by atoms with E-state index in [1.807, 2.05) is 34.1 Å². The van der Waals surface area contributed by atoms with Crippen molar-refractivity contribution in [2.45, 2.75) is 56.9 Å². The molecule has 2 aliphatic carbocycles. The molecule has 2 heterocycles. The molecule has 2 amide bonds. The van der Waals surface area contributed by atoms with Gasteiger partial charge in [0.25, 0.3) is 5.91 Å². The minimum Gasteiger partial charge on any atom is -0.342 e. The number of hydrogen-bond acceptors (Lipinski definition) is 3. The number of carbonyl (C=O) groups is 2. The highest BCUT2D eigenvalue weighted by molar-refractivity contribution is 9.10.